The third-order valence-electron chi connectivity index (χ3n) is 2.46. The Morgan fingerprint density at radius 3 is 0.870 bits per heavy atom. The van der Waals surface area contributed by atoms with Gasteiger partial charge in [-0.05, 0) is 58.0 Å². The molecular weight excluding hydrogens is 444 g/mol. The number of carbonyl (C=O) groups is 5. The third-order valence-corrected chi connectivity index (χ3v) is 3.85. The van der Waals surface area contributed by atoms with Crippen LogP contribution in [0.4, 0.5) is 0 Å². The second-order valence-electron chi connectivity index (χ2n) is 3.59. The predicted octanol–water partition coefficient (Wildman–Crippen LogP) is 3.22. The number of hydrogen-bond donors (Lipinski definition) is 1. The van der Waals surface area contributed by atoms with E-state index < -0.39 is 58.9 Å². The van der Waals surface area contributed by atoms with Crippen molar-refractivity contribution in [3.8, 4) is 0 Å². The SMILES string of the molecule is O=C(Cl)c1c(S)c(C(=O)Cl)c(C(=O)Cl)c(C(=O)Cl)c1C(=O)Cl.[NaH]. The first-order chi connectivity index (χ1) is 10.0. The average Bonchev–Trinajstić information content (AvgIpc) is 2.34. The van der Waals surface area contributed by atoms with Gasteiger partial charge in [0.05, 0.1) is 27.8 Å². The number of thiol groups is 1. The van der Waals surface area contributed by atoms with Gasteiger partial charge in [-0.15, -0.1) is 12.6 Å². The van der Waals surface area contributed by atoms with E-state index in [0.29, 0.717) is 0 Å². The molecule has 0 heterocycles. The summed E-state index contributed by atoms with van der Waals surface area (Å²) >= 11 is 30.4. The van der Waals surface area contributed by atoms with Crippen molar-refractivity contribution >= 4 is 126 Å². The molecular formula is C11H2Cl5NaO5S. The molecule has 0 fully saturated rings. The zero-order chi connectivity index (χ0) is 17.4. The number of carbonyl (C=O) groups excluding carboxylic acids is 5. The Morgan fingerprint density at radius 1 is 0.522 bits per heavy atom. The van der Waals surface area contributed by atoms with Crippen molar-refractivity contribution < 1.29 is 24.0 Å². The molecule has 118 valence electrons. The van der Waals surface area contributed by atoms with Crippen LogP contribution in [0.25, 0.3) is 0 Å². The first-order valence-electron chi connectivity index (χ1n) is 4.94. The number of benzene rings is 1. The van der Waals surface area contributed by atoms with Gasteiger partial charge in [0.1, 0.15) is 0 Å². The second kappa shape index (κ2) is 9.17. The summed E-state index contributed by atoms with van der Waals surface area (Å²) in [7, 11) is 0. The molecule has 0 aliphatic heterocycles. The molecule has 0 unspecified atom stereocenters. The summed E-state index contributed by atoms with van der Waals surface area (Å²) in [5.74, 6) is 0. The minimum absolute atomic E-state index is 0. The van der Waals surface area contributed by atoms with Gasteiger partial charge in [0.2, 0.25) is 0 Å². The zero-order valence-electron chi connectivity index (χ0n) is 9.88. The Hall–Kier alpha value is 0.370. The zero-order valence-corrected chi connectivity index (χ0v) is 14.6. The fourth-order valence-electron chi connectivity index (χ4n) is 1.71. The van der Waals surface area contributed by atoms with E-state index in [4.69, 9.17) is 58.0 Å². The molecule has 0 aliphatic rings. The van der Waals surface area contributed by atoms with Crippen molar-refractivity contribution in [1.82, 2.24) is 0 Å². The Morgan fingerprint density at radius 2 is 0.696 bits per heavy atom. The van der Waals surface area contributed by atoms with Crippen LogP contribution in [0.2, 0.25) is 0 Å². The van der Waals surface area contributed by atoms with Crippen molar-refractivity contribution in [2.45, 2.75) is 4.90 Å². The molecule has 12 heteroatoms. The van der Waals surface area contributed by atoms with E-state index in [1.165, 1.54) is 0 Å². The van der Waals surface area contributed by atoms with Gasteiger partial charge in [0.25, 0.3) is 26.2 Å². The summed E-state index contributed by atoms with van der Waals surface area (Å²) in [4.78, 5) is 57.1. The van der Waals surface area contributed by atoms with E-state index in [1.807, 2.05) is 0 Å². The van der Waals surface area contributed by atoms with Crippen LogP contribution in [0.1, 0.15) is 51.8 Å². The van der Waals surface area contributed by atoms with Crippen LogP contribution in [0, 0.1) is 0 Å². The third kappa shape index (κ3) is 4.71. The number of halogens is 5. The quantitative estimate of drug-likeness (QED) is 0.427. The van der Waals surface area contributed by atoms with Crippen LogP contribution in [0.15, 0.2) is 4.90 Å². The van der Waals surface area contributed by atoms with Crippen molar-refractivity contribution in [3.63, 3.8) is 0 Å². The molecule has 1 rings (SSSR count). The first-order valence-corrected chi connectivity index (χ1v) is 7.28. The van der Waals surface area contributed by atoms with Crippen LogP contribution < -0.4 is 0 Å². The maximum atomic E-state index is 11.6. The van der Waals surface area contributed by atoms with E-state index in [0.717, 1.165) is 0 Å². The first kappa shape index (κ1) is 23.4. The molecule has 1 aromatic carbocycles. The van der Waals surface area contributed by atoms with Crippen LogP contribution in [0.5, 0.6) is 0 Å². The summed E-state index contributed by atoms with van der Waals surface area (Å²) in [6, 6.07) is 0. The van der Waals surface area contributed by atoms with Gasteiger partial charge >= 0.3 is 29.6 Å². The van der Waals surface area contributed by atoms with Crippen LogP contribution in [-0.4, -0.2) is 55.8 Å². The molecule has 1 aromatic rings. The summed E-state index contributed by atoms with van der Waals surface area (Å²) < 4.78 is 0. The van der Waals surface area contributed by atoms with Crippen molar-refractivity contribution in [1.29, 1.82) is 0 Å². The number of rotatable bonds is 5. The molecule has 0 amide bonds. The standard InChI is InChI=1S/C11HCl5O5S.Na.H/c12-7(17)1-2(8(13)18)4(10(15)20)6(22)5(11(16)21)3(1)9(14)19;;/h22H;;. The Balaban J connectivity index is 0.00000484. The molecule has 0 aromatic heterocycles. The van der Waals surface area contributed by atoms with Crippen molar-refractivity contribution in [2.75, 3.05) is 0 Å². The summed E-state index contributed by atoms with van der Waals surface area (Å²) in [5.41, 5.74) is -3.83. The van der Waals surface area contributed by atoms with Gasteiger partial charge in [0, 0.05) is 4.90 Å². The minimum atomic E-state index is -1.38. The molecule has 0 spiro atoms. The number of hydrogen-bond acceptors (Lipinski definition) is 6. The van der Waals surface area contributed by atoms with E-state index in [1.54, 1.807) is 0 Å². The van der Waals surface area contributed by atoms with Crippen LogP contribution in [0.3, 0.4) is 0 Å². The van der Waals surface area contributed by atoms with Gasteiger partial charge in [-0.1, -0.05) is 0 Å². The second-order valence-corrected chi connectivity index (χ2v) is 5.76. The fourth-order valence-corrected chi connectivity index (χ4v) is 3.21. The van der Waals surface area contributed by atoms with Gasteiger partial charge in [-0.25, -0.2) is 0 Å². The molecule has 0 N–H and O–H groups in total. The fraction of sp³-hybridized carbons (Fsp3) is 0. The van der Waals surface area contributed by atoms with Crippen LogP contribution >= 0.6 is 70.6 Å². The molecule has 0 aliphatic carbocycles. The molecule has 0 saturated heterocycles. The van der Waals surface area contributed by atoms with Crippen molar-refractivity contribution in [3.05, 3.63) is 27.8 Å². The normalized spacial score (nSPS) is 9.83. The molecule has 23 heavy (non-hydrogen) atoms. The Labute approximate surface area is 181 Å². The van der Waals surface area contributed by atoms with E-state index in [2.05, 4.69) is 12.6 Å². The Kier molecular flexibility index (Phi) is 9.32. The summed E-state index contributed by atoms with van der Waals surface area (Å²) in [6.07, 6.45) is 0. The summed E-state index contributed by atoms with van der Waals surface area (Å²) in [5, 5.41) is -6.60. The maximum absolute atomic E-state index is 11.6. The van der Waals surface area contributed by atoms with E-state index in [-0.39, 0.29) is 29.6 Å². The van der Waals surface area contributed by atoms with Gasteiger partial charge < -0.3 is 0 Å². The predicted molar refractivity (Wildman–Crippen MR) is 91.8 cm³/mol. The molecule has 0 saturated carbocycles. The van der Waals surface area contributed by atoms with E-state index in [9.17, 15) is 24.0 Å². The van der Waals surface area contributed by atoms with Crippen LogP contribution in [-0.2, 0) is 0 Å². The summed E-state index contributed by atoms with van der Waals surface area (Å²) in [6.45, 7) is 0. The molecule has 5 nitrogen and oxygen atoms in total. The molecule has 0 bridgehead atoms. The van der Waals surface area contributed by atoms with E-state index >= 15 is 0 Å². The monoisotopic (exact) mass is 444 g/mol. The van der Waals surface area contributed by atoms with Gasteiger partial charge in [0.15, 0.2) is 0 Å². The average molecular weight is 446 g/mol. The van der Waals surface area contributed by atoms with Gasteiger partial charge in [-0.2, -0.15) is 0 Å². The molecule has 0 atom stereocenters. The van der Waals surface area contributed by atoms with Crippen molar-refractivity contribution in [2.24, 2.45) is 0 Å². The van der Waals surface area contributed by atoms with Gasteiger partial charge in [-0.3, -0.25) is 24.0 Å². The molecule has 0 radical (unpaired) electrons. The Bertz CT molecular complexity index is 711. The topological polar surface area (TPSA) is 85.3 Å².